The number of amides is 1. The van der Waals surface area contributed by atoms with E-state index in [1.807, 2.05) is 18.2 Å². The van der Waals surface area contributed by atoms with E-state index >= 15 is 0 Å². The van der Waals surface area contributed by atoms with E-state index < -0.39 is 5.97 Å². The van der Waals surface area contributed by atoms with Crippen molar-refractivity contribution in [3.63, 3.8) is 0 Å². The molecule has 0 atom stereocenters. The van der Waals surface area contributed by atoms with Gasteiger partial charge in [0.15, 0.2) is 12.3 Å². The van der Waals surface area contributed by atoms with Gasteiger partial charge in [0.1, 0.15) is 5.82 Å². The summed E-state index contributed by atoms with van der Waals surface area (Å²) in [6.45, 7) is 3.35. The Hall–Kier alpha value is -3.52. The summed E-state index contributed by atoms with van der Waals surface area (Å²) in [4.78, 5) is 29.5. The fourth-order valence-electron chi connectivity index (χ4n) is 4.68. The van der Waals surface area contributed by atoms with Gasteiger partial charge in [-0.25, -0.2) is 13.9 Å². The minimum absolute atomic E-state index is 0.192. The number of carbonyl (C=O) groups is 2. The summed E-state index contributed by atoms with van der Waals surface area (Å²) >= 11 is 0. The summed E-state index contributed by atoms with van der Waals surface area (Å²) < 4.78 is 20.4. The number of piperazine rings is 1. The molecule has 2 aromatic carbocycles. The average Bonchev–Trinajstić information content (AvgIpc) is 3.47. The molecule has 2 aliphatic rings. The van der Waals surface area contributed by atoms with Crippen LogP contribution >= 0.6 is 0 Å². The number of benzene rings is 2. The van der Waals surface area contributed by atoms with Crippen molar-refractivity contribution in [1.82, 2.24) is 19.6 Å². The summed E-state index contributed by atoms with van der Waals surface area (Å²) in [5.41, 5.74) is 4.00. The molecular formula is C26H27FN4O3. The Morgan fingerprint density at radius 2 is 1.68 bits per heavy atom. The van der Waals surface area contributed by atoms with Gasteiger partial charge in [0.25, 0.3) is 5.91 Å². The second-order valence-corrected chi connectivity index (χ2v) is 8.73. The van der Waals surface area contributed by atoms with E-state index in [1.165, 1.54) is 17.7 Å². The average molecular weight is 463 g/mol. The van der Waals surface area contributed by atoms with Crippen molar-refractivity contribution in [2.45, 2.75) is 25.8 Å². The van der Waals surface area contributed by atoms with Gasteiger partial charge in [0.2, 0.25) is 0 Å². The first kappa shape index (κ1) is 22.3. The molecule has 1 fully saturated rings. The zero-order valence-electron chi connectivity index (χ0n) is 19.0. The Balaban J connectivity index is 1.17. The third kappa shape index (κ3) is 4.72. The number of hydrogen-bond donors (Lipinski definition) is 0. The summed E-state index contributed by atoms with van der Waals surface area (Å²) in [7, 11) is 0. The van der Waals surface area contributed by atoms with Gasteiger partial charge in [-0.2, -0.15) is 5.10 Å². The summed E-state index contributed by atoms with van der Waals surface area (Å²) in [6.07, 6.45) is 2.44. The van der Waals surface area contributed by atoms with Crippen LogP contribution in [0.3, 0.4) is 0 Å². The monoisotopic (exact) mass is 462 g/mol. The molecule has 1 aliphatic heterocycles. The molecule has 8 heteroatoms. The number of halogens is 1. The van der Waals surface area contributed by atoms with Crippen molar-refractivity contribution in [3.05, 3.63) is 82.9 Å². The van der Waals surface area contributed by atoms with Crippen LogP contribution in [0.5, 0.6) is 0 Å². The zero-order chi connectivity index (χ0) is 23.5. The largest absolute Gasteiger partial charge is 0.451 e. The molecule has 7 nitrogen and oxygen atoms in total. The fourth-order valence-corrected chi connectivity index (χ4v) is 4.68. The van der Waals surface area contributed by atoms with E-state index in [2.05, 4.69) is 22.1 Å². The van der Waals surface area contributed by atoms with E-state index in [0.717, 1.165) is 50.2 Å². The summed E-state index contributed by atoms with van der Waals surface area (Å²) in [5.74, 6) is -1.11. The number of rotatable bonds is 6. The Bertz CT molecular complexity index is 1170. The van der Waals surface area contributed by atoms with E-state index in [1.54, 1.807) is 21.7 Å². The van der Waals surface area contributed by atoms with Crippen LogP contribution in [0.4, 0.5) is 4.39 Å². The number of fused-ring (bicyclic) bond motifs is 1. The molecule has 1 saturated heterocycles. The lowest BCUT2D eigenvalue weighted by atomic mass is 10.2. The third-order valence-corrected chi connectivity index (χ3v) is 6.50. The van der Waals surface area contributed by atoms with E-state index in [-0.39, 0.29) is 24.0 Å². The summed E-state index contributed by atoms with van der Waals surface area (Å²) in [6, 6.07) is 16.3. The lowest BCUT2D eigenvalue weighted by Crippen LogP contribution is -2.49. The molecule has 0 radical (unpaired) electrons. The SMILES string of the molecule is O=C(OCC(=O)N1CCN(Cc2ccccc2)CC1)c1nn(-c2ccc(F)cc2)c2c1CCC2. The predicted molar refractivity (Wildman–Crippen MR) is 124 cm³/mol. The van der Waals surface area contributed by atoms with Crippen LogP contribution in [0.15, 0.2) is 54.6 Å². The highest BCUT2D eigenvalue weighted by molar-refractivity contribution is 5.91. The standard InChI is InChI=1S/C26H27FN4O3/c27-20-9-11-21(12-10-20)31-23-8-4-7-22(23)25(28-31)26(33)34-18-24(32)30-15-13-29(14-16-30)17-19-5-2-1-3-6-19/h1-3,5-6,9-12H,4,7-8,13-18H2. The van der Waals surface area contributed by atoms with Gasteiger partial charge in [-0.05, 0) is 49.1 Å². The minimum atomic E-state index is -0.588. The maximum Gasteiger partial charge on any atom is 0.359 e. The van der Waals surface area contributed by atoms with Gasteiger partial charge in [-0.15, -0.1) is 0 Å². The summed E-state index contributed by atoms with van der Waals surface area (Å²) in [5, 5.41) is 4.46. The smallest absolute Gasteiger partial charge is 0.359 e. The predicted octanol–water partition coefficient (Wildman–Crippen LogP) is 3.00. The number of aromatic nitrogens is 2. The number of nitrogens with zero attached hydrogens (tertiary/aromatic N) is 4. The number of esters is 1. The van der Waals surface area contributed by atoms with E-state index in [4.69, 9.17) is 4.74 Å². The van der Waals surface area contributed by atoms with Crippen LogP contribution in [0.1, 0.15) is 33.7 Å². The van der Waals surface area contributed by atoms with E-state index in [0.29, 0.717) is 18.8 Å². The van der Waals surface area contributed by atoms with Crippen LogP contribution in [0, 0.1) is 5.82 Å². The van der Waals surface area contributed by atoms with Crippen molar-refractivity contribution in [3.8, 4) is 5.69 Å². The second kappa shape index (κ2) is 9.77. The maximum absolute atomic E-state index is 13.3. The third-order valence-electron chi connectivity index (χ3n) is 6.50. The second-order valence-electron chi connectivity index (χ2n) is 8.73. The number of hydrogen-bond acceptors (Lipinski definition) is 5. The topological polar surface area (TPSA) is 67.7 Å². The fraction of sp³-hybridized carbons (Fsp3) is 0.346. The molecule has 1 aliphatic carbocycles. The van der Waals surface area contributed by atoms with Gasteiger partial charge in [-0.3, -0.25) is 9.69 Å². The molecule has 3 aromatic rings. The molecule has 0 N–H and O–H groups in total. The molecule has 176 valence electrons. The number of ether oxygens (including phenoxy) is 1. The molecule has 5 rings (SSSR count). The lowest BCUT2D eigenvalue weighted by molar-refractivity contribution is -0.136. The molecular weight excluding hydrogens is 435 g/mol. The zero-order valence-corrected chi connectivity index (χ0v) is 19.0. The highest BCUT2D eigenvalue weighted by atomic mass is 19.1. The van der Waals surface area contributed by atoms with Gasteiger partial charge < -0.3 is 9.64 Å². The molecule has 0 spiro atoms. The van der Waals surface area contributed by atoms with Crippen LogP contribution in [-0.2, 0) is 28.9 Å². The maximum atomic E-state index is 13.3. The molecule has 2 heterocycles. The Kier molecular flexibility index (Phi) is 6.40. The van der Waals surface area contributed by atoms with Gasteiger partial charge in [0, 0.05) is 44.0 Å². The first-order valence-electron chi connectivity index (χ1n) is 11.7. The van der Waals surface area contributed by atoms with Crippen molar-refractivity contribution in [2.24, 2.45) is 0 Å². The Morgan fingerprint density at radius 1 is 0.941 bits per heavy atom. The molecule has 1 aromatic heterocycles. The Labute approximate surface area is 197 Å². The molecule has 0 unspecified atom stereocenters. The van der Waals surface area contributed by atoms with Gasteiger partial charge in [0.05, 0.1) is 5.69 Å². The van der Waals surface area contributed by atoms with Crippen molar-refractivity contribution in [2.75, 3.05) is 32.8 Å². The Morgan fingerprint density at radius 3 is 2.41 bits per heavy atom. The minimum Gasteiger partial charge on any atom is -0.451 e. The molecule has 34 heavy (non-hydrogen) atoms. The molecule has 0 saturated carbocycles. The van der Waals surface area contributed by atoms with Crippen LogP contribution in [0.25, 0.3) is 5.69 Å². The normalized spacial score (nSPS) is 15.9. The van der Waals surface area contributed by atoms with Crippen molar-refractivity contribution in [1.29, 1.82) is 0 Å². The first-order chi connectivity index (χ1) is 16.6. The van der Waals surface area contributed by atoms with E-state index in [9.17, 15) is 14.0 Å². The van der Waals surface area contributed by atoms with Crippen LogP contribution in [0.2, 0.25) is 0 Å². The molecule has 0 bridgehead atoms. The van der Waals surface area contributed by atoms with Crippen LogP contribution in [-0.4, -0.2) is 64.2 Å². The highest BCUT2D eigenvalue weighted by Gasteiger charge is 2.29. The van der Waals surface area contributed by atoms with Crippen LogP contribution < -0.4 is 0 Å². The van der Waals surface area contributed by atoms with Crippen molar-refractivity contribution >= 4 is 11.9 Å². The quantitative estimate of drug-likeness (QED) is 0.527. The van der Waals surface area contributed by atoms with Gasteiger partial charge >= 0.3 is 5.97 Å². The lowest BCUT2D eigenvalue weighted by Gasteiger charge is -2.34. The molecule has 1 amide bonds. The van der Waals surface area contributed by atoms with Crippen molar-refractivity contribution < 1.29 is 18.7 Å². The first-order valence-corrected chi connectivity index (χ1v) is 11.7. The van der Waals surface area contributed by atoms with Gasteiger partial charge in [-0.1, -0.05) is 30.3 Å². The highest BCUT2D eigenvalue weighted by Crippen LogP contribution is 2.28. The number of carbonyl (C=O) groups excluding carboxylic acids is 2.